The number of hydrogen-bond donors (Lipinski definition) is 0. The zero-order chi connectivity index (χ0) is 15.3. The summed E-state index contributed by atoms with van der Waals surface area (Å²) in [6.07, 6.45) is 8.56. The van der Waals surface area contributed by atoms with Crippen molar-refractivity contribution in [3.63, 3.8) is 0 Å². The Morgan fingerprint density at radius 3 is 2.10 bits per heavy atom. The number of ketones is 1. The molecule has 1 unspecified atom stereocenters. The van der Waals surface area contributed by atoms with Crippen LogP contribution < -0.4 is 0 Å². The third kappa shape index (κ3) is 3.84. The van der Waals surface area contributed by atoms with E-state index in [0.29, 0.717) is 5.92 Å². The normalized spacial score (nSPS) is 21.0. The first kappa shape index (κ1) is 16.7. The van der Waals surface area contributed by atoms with Gasteiger partial charge in [-0.2, -0.15) is 0 Å². The van der Waals surface area contributed by atoms with Crippen molar-refractivity contribution in [2.24, 2.45) is 11.3 Å². The molecular formula is C18H28O2. The minimum Gasteiger partial charge on any atom is -0.501 e. The van der Waals surface area contributed by atoms with Crippen LogP contribution in [-0.4, -0.2) is 12.9 Å². The van der Waals surface area contributed by atoms with Gasteiger partial charge in [0.15, 0.2) is 5.78 Å². The molecule has 2 nitrogen and oxygen atoms in total. The van der Waals surface area contributed by atoms with Crippen LogP contribution in [0, 0.1) is 11.3 Å². The van der Waals surface area contributed by atoms with Crippen LogP contribution >= 0.6 is 0 Å². The van der Waals surface area contributed by atoms with E-state index >= 15 is 0 Å². The Balaban J connectivity index is 3.15. The molecule has 1 aliphatic rings. The van der Waals surface area contributed by atoms with Crippen molar-refractivity contribution in [2.45, 2.75) is 53.9 Å². The van der Waals surface area contributed by atoms with Crippen LogP contribution in [-0.2, 0) is 9.53 Å². The van der Waals surface area contributed by atoms with Crippen LogP contribution in [0.5, 0.6) is 0 Å². The third-order valence-electron chi connectivity index (χ3n) is 4.24. The first-order valence-electron chi connectivity index (χ1n) is 7.37. The molecule has 0 fully saturated rings. The molecule has 0 radical (unpaired) electrons. The molecule has 0 saturated heterocycles. The Morgan fingerprint density at radius 2 is 1.75 bits per heavy atom. The van der Waals surface area contributed by atoms with E-state index in [0.717, 1.165) is 25.0 Å². The minimum absolute atomic E-state index is 0.211. The molecule has 0 aromatic rings. The fraction of sp³-hybridized carbons (Fsp3) is 0.611. The predicted octanol–water partition coefficient (Wildman–Crippen LogP) is 4.82. The molecule has 2 heteroatoms. The number of carbonyl (C=O) groups excluding carboxylic acids is 1. The molecule has 0 spiro atoms. The van der Waals surface area contributed by atoms with Gasteiger partial charge >= 0.3 is 0 Å². The number of rotatable bonds is 5. The molecule has 0 heterocycles. The lowest BCUT2D eigenvalue weighted by atomic mass is 9.64. The highest BCUT2D eigenvalue weighted by atomic mass is 16.5. The summed E-state index contributed by atoms with van der Waals surface area (Å²) < 4.78 is 5.29. The molecule has 0 aromatic heterocycles. The van der Waals surface area contributed by atoms with Crippen LogP contribution in [0.1, 0.15) is 53.9 Å². The molecule has 1 rings (SSSR count). The van der Waals surface area contributed by atoms with Crippen LogP contribution in [0.4, 0.5) is 0 Å². The van der Waals surface area contributed by atoms with Gasteiger partial charge in [-0.25, -0.2) is 0 Å². The molecule has 1 aliphatic carbocycles. The summed E-state index contributed by atoms with van der Waals surface area (Å²) in [5, 5.41) is 0. The predicted molar refractivity (Wildman–Crippen MR) is 84.4 cm³/mol. The van der Waals surface area contributed by atoms with E-state index in [9.17, 15) is 4.79 Å². The van der Waals surface area contributed by atoms with E-state index in [2.05, 4.69) is 46.8 Å². The average Bonchev–Trinajstić information content (AvgIpc) is 2.36. The van der Waals surface area contributed by atoms with Gasteiger partial charge in [-0.05, 0) is 46.5 Å². The maximum absolute atomic E-state index is 12.7. The highest BCUT2D eigenvalue weighted by Crippen LogP contribution is 2.44. The van der Waals surface area contributed by atoms with Crippen LogP contribution in [0.3, 0.4) is 0 Å². The molecule has 0 N–H and O–H groups in total. The number of allylic oxidation sites excluding steroid dienone is 6. The molecule has 20 heavy (non-hydrogen) atoms. The lowest BCUT2D eigenvalue weighted by molar-refractivity contribution is -0.127. The zero-order valence-corrected chi connectivity index (χ0v) is 13.7. The van der Waals surface area contributed by atoms with Gasteiger partial charge < -0.3 is 4.74 Å². The smallest absolute Gasteiger partial charge is 0.166 e. The minimum atomic E-state index is -0.309. The second-order valence-electron chi connectivity index (χ2n) is 6.41. The highest BCUT2D eigenvalue weighted by molar-refractivity contribution is 5.96. The Hall–Kier alpha value is -1.31. The fourth-order valence-electron chi connectivity index (χ4n) is 2.69. The summed E-state index contributed by atoms with van der Waals surface area (Å²) in [6, 6.07) is 0. The van der Waals surface area contributed by atoms with E-state index in [1.165, 1.54) is 11.1 Å². The summed E-state index contributed by atoms with van der Waals surface area (Å²) in [5.74, 6) is 1.32. The van der Waals surface area contributed by atoms with E-state index in [-0.39, 0.29) is 11.2 Å². The van der Waals surface area contributed by atoms with Gasteiger partial charge in [-0.15, -0.1) is 0 Å². The first-order valence-corrected chi connectivity index (χ1v) is 7.37. The molecular weight excluding hydrogens is 248 g/mol. The molecule has 0 aromatic carbocycles. The number of carbonyl (C=O) groups is 1. The van der Waals surface area contributed by atoms with Crippen LogP contribution in [0.2, 0.25) is 0 Å². The number of hydrogen-bond acceptors (Lipinski definition) is 2. The lowest BCUT2D eigenvalue weighted by Gasteiger charge is -2.39. The molecule has 112 valence electrons. The molecule has 0 aliphatic heterocycles. The van der Waals surface area contributed by atoms with Crippen molar-refractivity contribution >= 4 is 5.78 Å². The third-order valence-corrected chi connectivity index (χ3v) is 4.24. The Morgan fingerprint density at radius 1 is 1.25 bits per heavy atom. The highest BCUT2D eigenvalue weighted by Gasteiger charge is 2.43. The lowest BCUT2D eigenvalue weighted by Crippen LogP contribution is -2.39. The Bertz CT molecular complexity index is 424. The van der Waals surface area contributed by atoms with Crippen molar-refractivity contribution in [1.29, 1.82) is 0 Å². The van der Waals surface area contributed by atoms with E-state index in [1.807, 2.05) is 0 Å². The standard InChI is InChI=1S/C18H28O2/c1-13(2)7-9-18(10-8-14(3)4)15(5)11-16(20-6)12-17(18)19/h7-8,12,15H,9-11H2,1-6H3. The Kier molecular flexibility index (Phi) is 5.79. The molecule has 1 atom stereocenters. The maximum atomic E-state index is 12.7. The Labute approximate surface area is 123 Å². The second kappa shape index (κ2) is 6.92. The van der Waals surface area contributed by atoms with Gasteiger partial charge in [-0.1, -0.05) is 30.2 Å². The van der Waals surface area contributed by atoms with Crippen molar-refractivity contribution in [3.05, 3.63) is 35.1 Å². The van der Waals surface area contributed by atoms with E-state index in [4.69, 9.17) is 4.74 Å². The summed E-state index contributed by atoms with van der Waals surface area (Å²) in [6.45, 7) is 10.5. The molecule has 0 amide bonds. The van der Waals surface area contributed by atoms with Gasteiger partial charge in [0.2, 0.25) is 0 Å². The van der Waals surface area contributed by atoms with E-state index in [1.54, 1.807) is 13.2 Å². The van der Waals surface area contributed by atoms with Gasteiger partial charge in [-0.3, -0.25) is 4.79 Å². The quantitative estimate of drug-likeness (QED) is 0.673. The van der Waals surface area contributed by atoms with Gasteiger partial charge in [0, 0.05) is 17.9 Å². The monoisotopic (exact) mass is 276 g/mol. The maximum Gasteiger partial charge on any atom is 0.166 e. The fourth-order valence-corrected chi connectivity index (χ4v) is 2.69. The number of ether oxygens (including phenoxy) is 1. The largest absolute Gasteiger partial charge is 0.501 e. The van der Waals surface area contributed by atoms with E-state index < -0.39 is 0 Å². The SMILES string of the molecule is COC1=CC(=O)C(CC=C(C)C)(CC=C(C)C)C(C)C1. The second-order valence-corrected chi connectivity index (χ2v) is 6.41. The van der Waals surface area contributed by atoms with Gasteiger partial charge in [0.25, 0.3) is 0 Å². The summed E-state index contributed by atoms with van der Waals surface area (Å²) >= 11 is 0. The van der Waals surface area contributed by atoms with Crippen molar-refractivity contribution in [1.82, 2.24) is 0 Å². The summed E-state index contributed by atoms with van der Waals surface area (Å²) in [7, 11) is 1.64. The van der Waals surface area contributed by atoms with Crippen molar-refractivity contribution in [2.75, 3.05) is 7.11 Å². The average molecular weight is 276 g/mol. The first-order chi connectivity index (χ1) is 9.31. The summed E-state index contributed by atoms with van der Waals surface area (Å²) in [4.78, 5) is 12.7. The van der Waals surface area contributed by atoms with Crippen molar-refractivity contribution < 1.29 is 9.53 Å². The topological polar surface area (TPSA) is 26.3 Å². The molecule has 0 saturated carbocycles. The summed E-state index contributed by atoms with van der Waals surface area (Å²) in [5.41, 5.74) is 2.22. The van der Waals surface area contributed by atoms with Crippen LogP contribution in [0.15, 0.2) is 35.1 Å². The van der Waals surface area contributed by atoms with Gasteiger partial charge in [0.1, 0.15) is 0 Å². The van der Waals surface area contributed by atoms with Gasteiger partial charge in [0.05, 0.1) is 12.9 Å². The molecule has 0 bridgehead atoms. The van der Waals surface area contributed by atoms with Crippen LogP contribution in [0.25, 0.3) is 0 Å². The number of methoxy groups -OCH3 is 1. The zero-order valence-electron chi connectivity index (χ0n) is 13.7. The van der Waals surface area contributed by atoms with Crippen molar-refractivity contribution in [3.8, 4) is 0 Å².